The highest BCUT2D eigenvalue weighted by Crippen LogP contribution is 2.28. The van der Waals surface area contributed by atoms with Crippen molar-refractivity contribution in [1.29, 1.82) is 0 Å². The Labute approximate surface area is 125 Å². The van der Waals surface area contributed by atoms with Crippen molar-refractivity contribution in [2.75, 3.05) is 6.61 Å². The number of nitrogens with two attached hydrogens (primary N) is 1. The van der Waals surface area contributed by atoms with Gasteiger partial charge in [0.1, 0.15) is 5.75 Å². The Balaban J connectivity index is 2.26. The van der Waals surface area contributed by atoms with Crippen molar-refractivity contribution in [3.63, 3.8) is 0 Å². The van der Waals surface area contributed by atoms with E-state index in [0.29, 0.717) is 0 Å². The minimum absolute atomic E-state index is 0.0592. The van der Waals surface area contributed by atoms with Gasteiger partial charge >= 0.3 is 0 Å². The quantitative estimate of drug-likeness (QED) is 0.632. The number of unbranched alkanes of at least 4 members (excludes halogenated alkanes) is 5. The average Bonchev–Trinajstić information content (AvgIpc) is 2.39. The predicted octanol–water partition coefficient (Wildman–Crippen LogP) is 5.21. The molecule has 19 heavy (non-hydrogen) atoms. The van der Waals surface area contributed by atoms with Crippen molar-refractivity contribution in [2.45, 2.75) is 58.4 Å². The predicted molar refractivity (Wildman–Crippen MR) is 85.6 cm³/mol. The molecule has 0 aliphatic carbocycles. The zero-order chi connectivity index (χ0) is 14.1. The highest BCUT2D eigenvalue weighted by atomic mass is 79.9. The van der Waals surface area contributed by atoms with Gasteiger partial charge < -0.3 is 10.5 Å². The standard InChI is InChI=1S/C16H26BrNO/c1-3-4-5-6-7-8-11-19-16-10-9-14(13(2)18)12-15(16)17/h9-10,12-13H,3-8,11,18H2,1-2H3. The maximum Gasteiger partial charge on any atom is 0.133 e. The number of ether oxygens (including phenoxy) is 1. The lowest BCUT2D eigenvalue weighted by atomic mass is 10.1. The van der Waals surface area contributed by atoms with Crippen LogP contribution < -0.4 is 10.5 Å². The van der Waals surface area contributed by atoms with Gasteiger partial charge in [0, 0.05) is 6.04 Å². The first-order valence-electron chi connectivity index (χ1n) is 7.33. The molecule has 1 aromatic carbocycles. The van der Waals surface area contributed by atoms with Crippen LogP contribution in [0.2, 0.25) is 0 Å². The lowest BCUT2D eigenvalue weighted by Crippen LogP contribution is -2.05. The Morgan fingerprint density at radius 3 is 2.47 bits per heavy atom. The van der Waals surface area contributed by atoms with Crippen molar-refractivity contribution >= 4 is 15.9 Å². The number of halogens is 1. The summed E-state index contributed by atoms with van der Waals surface area (Å²) in [6.45, 7) is 5.02. The van der Waals surface area contributed by atoms with Crippen molar-refractivity contribution in [3.05, 3.63) is 28.2 Å². The first-order chi connectivity index (χ1) is 9.15. The largest absolute Gasteiger partial charge is 0.492 e. The van der Waals surface area contributed by atoms with E-state index in [2.05, 4.69) is 22.9 Å². The minimum atomic E-state index is 0.0592. The van der Waals surface area contributed by atoms with E-state index in [-0.39, 0.29) is 6.04 Å². The van der Waals surface area contributed by atoms with Crippen molar-refractivity contribution in [3.8, 4) is 5.75 Å². The highest BCUT2D eigenvalue weighted by Gasteiger charge is 2.05. The molecule has 0 aromatic heterocycles. The van der Waals surface area contributed by atoms with Crippen LogP contribution in [0.25, 0.3) is 0 Å². The summed E-state index contributed by atoms with van der Waals surface area (Å²) in [6.07, 6.45) is 7.71. The molecule has 1 atom stereocenters. The lowest BCUT2D eigenvalue weighted by Gasteiger charge is -2.11. The molecule has 2 nitrogen and oxygen atoms in total. The van der Waals surface area contributed by atoms with Gasteiger partial charge in [0.2, 0.25) is 0 Å². The second kappa shape index (κ2) is 9.38. The molecule has 0 aliphatic rings. The maximum atomic E-state index is 5.85. The first-order valence-corrected chi connectivity index (χ1v) is 8.12. The Hall–Kier alpha value is -0.540. The van der Waals surface area contributed by atoms with Crippen LogP contribution in [0.3, 0.4) is 0 Å². The normalized spacial score (nSPS) is 12.4. The first kappa shape index (κ1) is 16.5. The summed E-state index contributed by atoms with van der Waals surface area (Å²) >= 11 is 3.54. The highest BCUT2D eigenvalue weighted by molar-refractivity contribution is 9.10. The van der Waals surface area contributed by atoms with E-state index in [9.17, 15) is 0 Å². The molecule has 0 spiro atoms. The van der Waals surface area contributed by atoms with E-state index < -0.39 is 0 Å². The molecule has 1 aromatic rings. The van der Waals surface area contributed by atoms with E-state index in [1.54, 1.807) is 0 Å². The van der Waals surface area contributed by atoms with Crippen LogP contribution in [0, 0.1) is 0 Å². The van der Waals surface area contributed by atoms with Crippen molar-refractivity contribution in [2.24, 2.45) is 5.73 Å². The molecule has 0 bridgehead atoms. The van der Waals surface area contributed by atoms with E-state index in [0.717, 1.165) is 28.8 Å². The smallest absolute Gasteiger partial charge is 0.133 e. The van der Waals surface area contributed by atoms with Gasteiger partial charge in [0.15, 0.2) is 0 Å². The third kappa shape index (κ3) is 6.44. The summed E-state index contributed by atoms with van der Waals surface area (Å²) < 4.78 is 6.78. The zero-order valence-corrected chi connectivity index (χ0v) is 13.7. The lowest BCUT2D eigenvalue weighted by molar-refractivity contribution is 0.302. The van der Waals surface area contributed by atoms with Crippen LogP contribution >= 0.6 is 15.9 Å². The van der Waals surface area contributed by atoms with Gasteiger partial charge in [-0.3, -0.25) is 0 Å². The van der Waals surface area contributed by atoms with Gasteiger partial charge in [0.25, 0.3) is 0 Å². The topological polar surface area (TPSA) is 35.2 Å². The zero-order valence-electron chi connectivity index (χ0n) is 12.1. The van der Waals surface area contributed by atoms with Crippen LogP contribution in [0.5, 0.6) is 5.75 Å². The number of benzene rings is 1. The molecule has 0 saturated heterocycles. The Kier molecular flexibility index (Phi) is 8.15. The molecule has 0 saturated carbocycles. The second-order valence-corrected chi connectivity index (χ2v) is 5.95. The molecular formula is C16H26BrNO. The number of hydrogen-bond donors (Lipinski definition) is 1. The van der Waals surface area contributed by atoms with Crippen LogP contribution in [0.4, 0.5) is 0 Å². The Bertz CT molecular complexity index is 366. The molecule has 0 heterocycles. The molecule has 0 aliphatic heterocycles. The van der Waals surface area contributed by atoms with E-state index in [1.807, 2.05) is 25.1 Å². The van der Waals surface area contributed by atoms with Crippen LogP contribution in [0.15, 0.2) is 22.7 Å². The molecular weight excluding hydrogens is 302 g/mol. The Morgan fingerprint density at radius 1 is 1.16 bits per heavy atom. The minimum Gasteiger partial charge on any atom is -0.492 e. The van der Waals surface area contributed by atoms with Crippen molar-refractivity contribution < 1.29 is 4.74 Å². The van der Waals surface area contributed by atoms with Gasteiger partial charge in [-0.25, -0.2) is 0 Å². The van der Waals surface area contributed by atoms with Gasteiger partial charge in [-0.15, -0.1) is 0 Å². The fourth-order valence-corrected chi connectivity index (χ4v) is 2.49. The molecule has 0 fully saturated rings. The fraction of sp³-hybridized carbons (Fsp3) is 0.625. The van der Waals surface area contributed by atoms with Gasteiger partial charge in [-0.2, -0.15) is 0 Å². The summed E-state index contributed by atoms with van der Waals surface area (Å²) in [5, 5.41) is 0. The molecule has 108 valence electrons. The number of rotatable bonds is 9. The summed E-state index contributed by atoms with van der Waals surface area (Å²) in [5.41, 5.74) is 6.97. The van der Waals surface area contributed by atoms with Gasteiger partial charge in [0.05, 0.1) is 11.1 Å². The average molecular weight is 328 g/mol. The third-order valence-corrected chi connectivity index (χ3v) is 3.86. The third-order valence-electron chi connectivity index (χ3n) is 3.24. The molecule has 1 unspecified atom stereocenters. The molecule has 0 radical (unpaired) electrons. The Morgan fingerprint density at radius 2 is 1.84 bits per heavy atom. The second-order valence-electron chi connectivity index (χ2n) is 5.09. The fourth-order valence-electron chi connectivity index (χ4n) is 1.98. The summed E-state index contributed by atoms with van der Waals surface area (Å²) in [7, 11) is 0. The number of hydrogen-bond acceptors (Lipinski definition) is 2. The molecule has 3 heteroatoms. The monoisotopic (exact) mass is 327 g/mol. The summed E-state index contributed by atoms with van der Waals surface area (Å²) in [4.78, 5) is 0. The molecule has 1 rings (SSSR count). The van der Waals surface area contributed by atoms with Crippen LogP contribution in [-0.2, 0) is 0 Å². The van der Waals surface area contributed by atoms with Crippen LogP contribution in [0.1, 0.15) is 64.0 Å². The summed E-state index contributed by atoms with van der Waals surface area (Å²) in [5.74, 6) is 0.915. The molecule has 0 amide bonds. The molecule has 2 N–H and O–H groups in total. The van der Waals surface area contributed by atoms with Gasteiger partial charge in [-0.05, 0) is 47.0 Å². The van der Waals surface area contributed by atoms with Gasteiger partial charge in [-0.1, -0.05) is 45.1 Å². The van der Waals surface area contributed by atoms with Crippen molar-refractivity contribution in [1.82, 2.24) is 0 Å². The van der Waals surface area contributed by atoms with E-state index >= 15 is 0 Å². The maximum absolute atomic E-state index is 5.85. The van der Waals surface area contributed by atoms with Crippen LogP contribution in [-0.4, -0.2) is 6.61 Å². The van der Waals surface area contributed by atoms with E-state index in [1.165, 1.54) is 32.1 Å². The van der Waals surface area contributed by atoms with E-state index in [4.69, 9.17) is 10.5 Å². The SMILES string of the molecule is CCCCCCCCOc1ccc(C(C)N)cc1Br. The summed E-state index contributed by atoms with van der Waals surface area (Å²) in [6, 6.07) is 6.14.